The van der Waals surface area contributed by atoms with Gasteiger partial charge in [-0.15, -0.1) is 0 Å². The van der Waals surface area contributed by atoms with Crippen LogP contribution in [0, 0.1) is 27.7 Å². The average molecular weight is 257 g/mol. The van der Waals surface area contributed by atoms with Crippen LogP contribution in [-0.4, -0.2) is 9.97 Å². The molecule has 0 fully saturated rings. The molecule has 1 aromatic heterocycles. The van der Waals surface area contributed by atoms with Crippen LogP contribution >= 0.6 is 0 Å². The van der Waals surface area contributed by atoms with Gasteiger partial charge in [0.1, 0.15) is 5.75 Å². The minimum absolute atomic E-state index is 0.533. The number of aryl methyl sites for hydroxylation is 4. The Bertz CT molecular complexity index is 585. The van der Waals surface area contributed by atoms with E-state index in [1.807, 2.05) is 39.8 Å². The Morgan fingerprint density at radius 1 is 1.11 bits per heavy atom. The Labute approximate surface area is 113 Å². The highest BCUT2D eigenvalue weighted by Crippen LogP contribution is 2.30. The molecule has 0 atom stereocenters. The molecule has 4 heteroatoms. The molecule has 19 heavy (non-hydrogen) atoms. The maximum absolute atomic E-state index is 5.94. The zero-order valence-electron chi connectivity index (χ0n) is 11.8. The van der Waals surface area contributed by atoms with Gasteiger partial charge in [-0.1, -0.05) is 12.1 Å². The third-order valence-corrected chi connectivity index (χ3v) is 2.99. The van der Waals surface area contributed by atoms with Gasteiger partial charge in [0.15, 0.2) is 0 Å². The zero-order chi connectivity index (χ0) is 14.0. The van der Waals surface area contributed by atoms with Crippen molar-refractivity contribution in [2.45, 2.75) is 34.2 Å². The lowest BCUT2D eigenvalue weighted by atomic mass is 10.1. The lowest BCUT2D eigenvalue weighted by molar-refractivity contribution is 0.447. The zero-order valence-corrected chi connectivity index (χ0v) is 11.8. The molecule has 100 valence electrons. The van der Waals surface area contributed by atoms with Crippen LogP contribution in [0.3, 0.4) is 0 Å². The lowest BCUT2D eigenvalue weighted by Crippen LogP contribution is -2.01. The van der Waals surface area contributed by atoms with Crippen molar-refractivity contribution < 1.29 is 4.74 Å². The summed E-state index contributed by atoms with van der Waals surface area (Å²) in [5, 5.41) is 0. The fourth-order valence-electron chi connectivity index (χ4n) is 2.03. The van der Waals surface area contributed by atoms with Gasteiger partial charge >= 0.3 is 0 Å². The van der Waals surface area contributed by atoms with Gasteiger partial charge in [-0.2, -0.15) is 0 Å². The van der Waals surface area contributed by atoms with Gasteiger partial charge in [-0.3, -0.25) is 4.98 Å². The first-order valence-corrected chi connectivity index (χ1v) is 6.29. The van der Waals surface area contributed by atoms with Crippen molar-refractivity contribution in [1.82, 2.24) is 9.97 Å². The Morgan fingerprint density at radius 3 is 2.32 bits per heavy atom. The summed E-state index contributed by atoms with van der Waals surface area (Å²) < 4.78 is 5.94. The molecular weight excluding hydrogens is 238 g/mol. The molecule has 0 aliphatic carbocycles. The number of ether oxygens (including phenoxy) is 1. The second kappa shape index (κ2) is 5.36. The van der Waals surface area contributed by atoms with E-state index in [4.69, 9.17) is 10.5 Å². The summed E-state index contributed by atoms with van der Waals surface area (Å²) in [6, 6.07) is 4.09. The normalized spacial score (nSPS) is 10.6. The second-order valence-electron chi connectivity index (χ2n) is 4.77. The van der Waals surface area contributed by atoms with E-state index in [0.717, 1.165) is 33.8 Å². The van der Waals surface area contributed by atoms with E-state index in [1.165, 1.54) is 0 Å². The third-order valence-electron chi connectivity index (χ3n) is 2.99. The van der Waals surface area contributed by atoms with Crippen LogP contribution in [0.4, 0.5) is 0 Å². The predicted molar refractivity (Wildman–Crippen MR) is 75.4 cm³/mol. The number of nitrogens with zero attached hydrogens (tertiary/aromatic N) is 2. The van der Waals surface area contributed by atoms with Gasteiger partial charge in [0.25, 0.3) is 0 Å². The maximum Gasteiger partial charge on any atom is 0.241 e. The van der Waals surface area contributed by atoms with Crippen LogP contribution < -0.4 is 10.5 Å². The van der Waals surface area contributed by atoms with Crippen molar-refractivity contribution in [2.75, 3.05) is 0 Å². The number of aromatic nitrogens is 2. The molecule has 0 aliphatic rings. The SMILES string of the molecule is Cc1cnc(C)c(Oc2c(C)cc(CN)cc2C)n1. The molecule has 1 heterocycles. The van der Waals surface area contributed by atoms with Crippen molar-refractivity contribution in [1.29, 1.82) is 0 Å². The summed E-state index contributed by atoms with van der Waals surface area (Å²) in [6.07, 6.45) is 1.74. The standard InChI is InChI=1S/C15H19N3O/c1-9-5-13(7-16)6-10(2)14(9)19-15-12(4)17-8-11(3)18-15/h5-6,8H,7,16H2,1-4H3. The highest BCUT2D eigenvalue weighted by atomic mass is 16.5. The summed E-state index contributed by atoms with van der Waals surface area (Å²) in [5.74, 6) is 1.40. The minimum Gasteiger partial charge on any atom is -0.437 e. The van der Waals surface area contributed by atoms with Crippen LogP contribution in [0.25, 0.3) is 0 Å². The molecule has 0 aliphatic heterocycles. The lowest BCUT2D eigenvalue weighted by Gasteiger charge is -2.14. The Hall–Kier alpha value is -1.94. The molecule has 0 saturated heterocycles. The molecule has 0 saturated carbocycles. The predicted octanol–water partition coefficient (Wildman–Crippen LogP) is 2.96. The number of nitrogens with two attached hydrogens (primary N) is 1. The van der Waals surface area contributed by atoms with Gasteiger partial charge < -0.3 is 10.5 Å². The maximum atomic E-state index is 5.94. The Morgan fingerprint density at radius 2 is 1.74 bits per heavy atom. The molecule has 0 spiro atoms. The summed E-state index contributed by atoms with van der Waals surface area (Å²) >= 11 is 0. The molecule has 2 rings (SSSR count). The smallest absolute Gasteiger partial charge is 0.241 e. The topological polar surface area (TPSA) is 61.0 Å². The van der Waals surface area contributed by atoms with E-state index in [2.05, 4.69) is 9.97 Å². The van der Waals surface area contributed by atoms with Gasteiger partial charge in [0.05, 0.1) is 11.4 Å². The molecule has 0 radical (unpaired) electrons. The van der Waals surface area contributed by atoms with Crippen molar-refractivity contribution in [3.63, 3.8) is 0 Å². The minimum atomic E-state index is 0.533. The molecule has 0 bridgehead atoms. The molecule has 0 amide bonds. The highest BCUT2D eigenvalue weighted by Gasteiger charge is 2.10. The van der Waals surface area contributed by atoms with Crippen LogP contribution in [-0.2, 0) is 6.54 Å². The van der Waals surface area contributed by atoms with Crippen LogP contribution in [0.2, 0.25) is 0 Å². The van der Waals surface area contributed by atoms with Crippen molar-refractivity contribution >= 4 is 0 Å². The fraction of sp³-hybridized carbons (Fsp3) is 0.333. The Kier molecular flexibility index (Phi) is 3.81. The second-order valence-corrected chi connectivity index (χ2v) is 4.77. The van der Waals surface area contributed by atoms with E-state index in [9.17, 15) is 0 Å². The highest BCUT2D eigenvalue weighted by molar-refractivity contribution is 5.45. The molecule has 2 N–H and O–H groups in total. The van der Waals surface area contributed by atoms with Gasteiger partial charge in [-0.25, -0.2) is 4.98 Å². The number of hydrogen-bond acceptors (Lipinski definition) is 4. The summed E-state index contributed by atoms with van der Waals surface area (Å²) in [5.41, 5.74) is 10.5. The first-order valence-electron chi connectivity index (χ1n) is 6.29. The molecular formula is C15H19N3O. The largest absolute Gasteiger partial charge is 0.437 e. The van der Waals surface area contributed by atoms with Crippen LogP contribution in [0.5, 0.6) is 11.6 Å². The van der Waals surface area contributed by atoms with Gasteiger partial charge in [0, 0.05) is 12.7 Å². The monoisotopic (exact) mass is 257 g/mol. The van der Waals surface area contributed by atoms with Crippen molar-refractivity contribution in [2.24, 2.45) is 5.73 Å². The quantitative estimate of drug-likeness (QED) is 0.918. The fourth-order valence-corrected chi connectivity index (χ4v) is 2.03. The number of benzene rings is 1. The molecule has 2 aromatic rings. The molecule has 1 aromatic carbocycles. The van der Waals surface area contributed by atoms with E-state index in [1.54, 1.807) is 6.20 Å². The first-order chi connectivity index (χ1) is 9.01. The van der Waals surface area contributed by atoms with Crippen LogP contribution in [0.1, 0.15) is 28.1 Å². The average Bonchev–Trinajstić information content (AvgIpc) is 2.37. The van der Waals surface area contributed by atoms with Gasteiger partial charge in [-0.05, 0) is 44.4 Å². The third kappa shape index (κ3) is 2.90. The summed E-state index contributed by atoms with van der Waals surface area (Å²) in [6.45, 7) is 8.35. The number of hydrogen-bond donors (Lipinski definition) is 1. The molecule has 0 unspecified atom stereocenters. The number of rotatable bonds is 3. The Balaban J connectivity index is 2.41. The van der Waals surface area contributed by atoms with E-state index in [0.29, 0.717) is 12.4 Å². The van der Waals surface area contributed by atoms with E-state index < -0.39 is 0 Å². The summed E-state index contributed by atoms with van der Waals surface area (Å²) in [4.78, 5) is 8.64. The van der Waals surface area contributed by atoms with Crippen LogP contribution in [0.15, 0.2) is 18.3 Å². The van der Waals surface area contributed by atoms with E-state index in [-0.39, 0.29) is 0 Å². The van der Waals surface area contributed by atoms with Crippen molar-refractivity contribution in [3.8, 4) is 11.6 Å². The molecule has 4 nitrogen and oxygen atoms in total. The van der Waals surface area contributed by atoms with Crippen molar-refractivity contribution in [3.05, 3.63) is 46.4 Å². The van der Waals surface area contributed by atoms with Gasteiger partial charge in [0.2, 0.25) is 5.88 Å². The first kappa shape index (κ1) is 13.5. The summed E-state index contributed by atoms with van der Waals surface area (Å²) in [7, 11) is 0. The van der Waals surface area contributed by atoms with E-state index >= 15 is 0 Å².